The van der Waals surface area contributed by atoms with Gasteiger partial charge >= 0.3 is 0 Å². The fraction of sp³-hybridized carbons (Fsp3) is 0. The lowest BCUT2D eigenvalue weighted by molar-refractivity contribution is 0.668. The molecule has 0 fully saturated rings. The molecule has 0 aliphatic heterocycles. The molecule has 85 heavy (non-hydrogen) atoms. The van der Waals surface area contributed by atoms with Crippen LogP contribution < -0.4 is 0 Å². The quantitative estimate of drug-likeness (QED) is 0.160. The molecule has 0 atom stereocenters. The van der Waals surface area contributed by atoms with E-state index in [-0.39, 0.29) is 0 Å². The van der Waals surface area contributed by atoms with Gasteiger partial charge in [0.1, 0.15) is 11.2 Å². The van der Waals surface area contributed by atoms with E-state index < -0.39 is 0 Å². The largest absolute Gasteiger partial charge is 0.456 e. The van der Waals surface area contributed by atoms with Gasteiger partial charge in [-0.05, 0) is 145 Å². The number of fused-ring (bicyclic) bond motifs is 14. The molecule has 0 N–H and O–H groups in total. The summed E-state index contributed by atoms with van der Waals surface area (Å²) < 4.78 is 12.0. The van der Waals surface area contributed by atoms with Gasteiger partial charge in [-0.3, -0.25) is 0 Å². The van der Waals surface area contributed by atoms with Crippen molar-refractivity contribution in [1.82, 2.24) is 24.1 Å². The summed E-state index contributed by atoms with van der Waals surface area (Å²) in [5.41, 5.74) is 15.2. The highest BCUT2D eigenvalue weighted by Crippen LogP contribution is 2.46. The van der Waals surface area contributed by atoms with Crippen molar-refractivity contribution in [2.75, 3.05) is 0 Å². The van der Waals surface area contributed by atoms with Gasteiger partial charge in [-0.25, -0.2) is 15.0 Å². The van der Waals surface area contributed by atoms with E-state index in [1.165, 1.54) is 43.1 Å². The molecule has 0 saturated carbocycles. The summed E-state index contributed by atoms with van der Waals surface area (Å²) in [5, 5.41) is 16.0. The van der Waals surface area contributed by atoms with E-state index in [4.69, 9.17) is 19.4 Å². The standard InChI is InChI=1S/C79H47N5O/c1-2-25-60(26-3-1)83-68-30-13-12-28-62(68)65-44-59(37-38-69(65)83)78-80-77(58-35-33-49-17-5-7-20-52(49)42-58)81-79(82-78)63-29-15-31-73-76(63)67-46-64(57-24-14-23-53(41-57)56-34-32-48-16-4-6-19-51(48)40-56)72(47-74(67)85-73)84-70-39-36-50-18-10-11-27-61(50)75(70)66-43-54-21-8-9-22-55(54)45-71(66)84/h1-47H. The maximum Gasteiger partial charge on any atom is 0.164 e. The Balaban J connectivity index is 0.898. The van der Waals surface area contributed by atoms with Crippen molar-refractivity contribution >= 4 is 109 Å². The van der Waals surface area contributed by atoms with E-state index in [2.05, 4.69) is 294 Å². The van der Waals surface area contributed by atoms with E-state index in [0.29, 0.717) is 17.5 Å². The van der Waals surface area contributed by atoms with E-state index in [1.54, 1.807) is 0 Å². The molecule has 0 saturated heterocycles. The number of nitrogens with zero attached hydrogens (tertiary/aromatic N) is 5. The Morgan fingerprint density at radius 3 is 1.60 bits per heavy atom. The molecule has 0 aliphatic rings. The van der Waals surface area contributed by atoms with E-state index >= 15 is 0 Å². The van der Waals surface area contributed by atoms with Crippen molar-refractivity contribution in [3.63, 3.8) is 0 Å². The zero-order valence-corrected chi connectivity index (χ0v) is 45.8. The first-order valence-electron chi connectivity index (χ1n) is 28.9. The van der Waals surface area contributed by atoms with Crippen LogP contribution in [0.3, 0.4) is 0 Å². The molecule has 6 heteroatoms. The Kier molecular flexibility index (Phi) is 10.3. The van der Waals surface area contributed by atoms with Crippen molar-refractivity contribution in [3.05, 3.63) is 285 Å². The number of rotatable bonds is 7. The zero-order valence-electron chi connectivity index (χ0n) is 45.8. The summed E-state index contributed by atoms with van der Waals surface area (Å²) in [5.74, 6) is 1.72. The second kappa shape index (κ2) is 18.5. The molecule has 14 aromatic carbocycles. The SMILES string of the molecule is c1ccc(-n2c3ccccc3c3cc(-c4nc(-c5ccc6ccccc6c5)nc(-c5cccc6oc7cc(-n8c9cc%10ccccc%10cc9c9c%10ccccc%10ccc98)c(-c8cccc(-c9ccc%10ccccc%10c9)c8)cc7c56)n4)ccc32)cc1. The Labute approximate surface area is 487 Å². The van der Waals surface area contributed by atoms with Gasteiger partial charge in [0.25, 0.3) is 0 Å². The highest BCUT2D eigenvalue weighted by Gasteiger charge is 2.25. The Morgan fingerprint density at radius 1 is 0.247 bits per heavy atom. The van der Waals surface area contributed by atoms with E-state index in [1.807, 2.05) is 0 Å². The first-order valence-corrected chi connectivity index (χ1v) is 28.9. The van der Waals surface area contributed by atoms with Gasteiger partial charge in [0.15, 0.2) is 17.5 Å². The second-order valence-corrected chi connectivity index (χ2v) is 22.3. The third-order valence-corrected chi connectivity index (χ3v) is 17.5. The first-order chi connectivity index (χ1) is 42.1. The summed E-state index contributed by atoms with van der Waals surface area (Å²) in [7, 11) is 0. The molecule has 0 amide bonds. The van der Waals surface area contributed by atoms with Crippen LogP contribution in [-0.2, 0) is 0 Å². The monoisotopic (exact) mass is 1080 g/mol. The fourth-order valence-corrected chi connectivity index (χ4v) is 13.5. The van der Waals surface area contributed by atoms with Crippen molar-refractivity contribution in [2.45, 2.75) is 0 Å². The fourth-order valence-electron chi connectivity index (χ4n) is 13.5. The number of para-hydroxylation sites is 2. The van der Waals surface area contributed by atoms with Crippen LogP contribution in [0.25, 0.3) is 176 Å². The summed E-state index contributed by atoms with van der Waals surface area (Å²) >= 11 is 0. The lowest BCUT2D eigenvalue weighted by atomic mass is 9.95. The number of furan rings is 1. The van der Waals surface area contributed by atoms with Gasteiger partial charge in [0.05, 0.1) is 27.8 Å². The molecule has 18 aromatic rings. The summed E-state index contributed by atoms with van der Waals surface area (Å²) in [4.78, 5) is 16.3. The van der Waals surface area contributed by atoms with Crippen molar-refractivity contribution < 1.29 is 4.42 Å². The molecule has 0 bridgehead atoms. The van der Waals surface area contributed by atoms with Crippen LogP contribution in [0.15, 0.2) is 290 Å². The number of benzene rings is 14. The van der Waals surface area contributed by atoms with Gasteiger partial charge in [-0.15, -0.1) is 0 Å². The lowest BCUT2D eigenvalue weighted by Crippen LogP contribution is -2.01. The van der Waals surface area contributed by atoms with Crippen LogP contribution in [0.1, 0.15) is 0 Å². The first kappa shape index (κ1) is 47.2. The molecule has 4 heterocycles. The van der Waals surface area contributed by atoms with Crippen LogP contribution >= 0.6 is 0 Å². The molecule has 18 rings (SSSR count). The average molecular weight is 1080 g/mol. The summed E-state index contributed by atoms with van der Waals surface area (Å²) in [6, 6.07) is 103. The molecule has 0 aliphatic carbocycles. The minimum atomic E-state index is 0.554. The van der Waals surface area contributed by atoms with Crippen molar-refractivity contribution in [3.8, 4) is 67.8 Å². The highest BCUT2D eigenvalue weighted by atomic mass is 16.3. The number of aromatic nitrogens is 5. The molecule has 0 unspecified atom stereocenters. The maximum atomic E-state index is 7.16. The molecular formula is C79H47N5O. The third-order valence-electron chi connectivity index (χ3n) is 17.5. The smallest absolute Gasteiger partial charge is 0.164 e. The van der Waals surface area contributed by atoms with Gasteiger partial charge in [-0.1, -0.05) is 194 Å². The third kappa shape index (κ3) is 7.49. The van der Waals surface area contributed by atoms with E-state index in [9.17, 15) is 0 Å². The predicted octanol–water partition coefficient (Wildman–Crippen LogP) is 20.9. The Hall–Kier alpha value is -11.5. The highest BCUT2D eigenvalue weighted by molar-refractivity contribution is 6.24. The summed E-state index contributed by atoms with van der Waals surface area (Å²) in [6.07, 6.45) is 0. The van der Waals surface area contributed by atoms with Crippen LogP contribution in [0, 0.1) is 0 Å². The van der Waals surface area contributed by atoms with Crippen molar-refractivity contribution in [2.24, 2.45) is 0 Å². The number of hydrogen-bond acceptors (Lipinski definition) is 4. The normalized spacial score (nSPS) is 12.0. The minimum absolute atomic E-state index is 0.554. The average Bonchev–Trinajstić information content (AvgIpc) is 1.89. The summed E-state index contributed by atoms with van der Waals surface area (Å²) in [6.45, 7) is 0. The molecule has 6 nitrogen and oxygen atoms in total. The maximum absolute atomic E-state index is 7.16. The van der Waals surface area contributed by atoms with Gasteiger partial charge in [0.2, 0.25) is 0 Å². The Morgan fingerprint density at radius 2 is 0.812 bits per heavy atom. The zero-order chi connectivity index (χ0) is 55.7. The van der Waals surface area contributed by atoms with Crippen LogP contribution in [-0.4, -0.2) is 24.1 Å². The lowest BCUT2D eigenvalue weighted by Gasteiger charge is -2.16. The molecular weight excluding hydrogens is 1030 g/mol. The second-order valence-electron chi connectivity index (χ2n) is 22.3. The topological polar surface area (TPSA) is 61.7 Å². The van der Waals surface area contributed by atoms with Gasteiger partial charge in [-0.2, -0.15) is 0 Å². The molecule has 0 radical (unpaired) electrons. The molecule has 0 spiro atoms. The van der Waals surface area contributed by atoms with E-state index in [0.717, 1.165) is 116 Å². The number of hydrogen-bond donors (Lipinski definition) is 0. The van der Waals surface area contributed by atoms with Gasteiger partial charge in [0, 0.05) is 66.3 Å². The molecule has 394 valence electrons. The van der Waals surface area contributed by atoms with Crippen LogP contribution in [0.5, 0.6) is 0 Å². The molecule has 4 aromatic heterocycles. The van der Waals surface area contributed by atoms with Crippen LogP contribution in [0.2, 0.25) is 0 Å². The minimum Gasteiger partial charge on any atom is -0.456 e. The van der Waals surface area contributed by atoms with Crippen molar-refractivity contribution in [1.29, 1.82) is 0 Å². The Bertz CT molecular complexity index is 5810. The van der Waals surface area contributed by atoms with Gasteiger partial charge < -0.3 is 13.6 Å². The predicted molar refractivity (Wildman–Crippen MR) is 353 cm³/mol. The van der Waals surface area contributed by atoms with Crippen LogP contribution in [0.4, 0.5) is 0 Å².